The first-order chi connectivity index (χ1) is 23.1. The van der Waals surface area contributed by atoms with Gasteiger partial charge in [-0.1, -0.05) is 41.4 Å². The van der Waals surface area contributed by atoms with E-state index in [-0.39, 0.29) is 54.8 Å². The minimum Gasteiger partial charge on any atom is -0.493 e. The number of hydrogen-bond acceptors (Lipinski definition) is 9. The number of aliphatic hydroxyl groups excluding tert-OH is 3. The Bertz CT molecular complexity index is 1850. The number of halogens is 3. The van der Waals surface area contributed by atoms with Gasteiger partial charge in [0, 0.05) is 30.5 Å². The number of amides is 2. The Morgan fingerprint density at radius 3 is 2.48 bits per heavy atom. The first kappa shape index (κ1) is 35.8. The number of fused-ring (bicyclic) bond motifs is 1. The van der Waals surface area contributed by atoms with Crippen molar-refractivity contribution < 1.29 is 43.5 Å². The molecule has 1 heterocycles. The fourth-order valence-electron chi connectivity index (χ4n) is 5.51. The zero-order chi connectivity index (χ0) is 34.5. The summed E-state index contributed by atoms with van der Waals surface area (Å²) in [5.74, 6) is -0.0648. The van der Waals surface area contributed by atoms with Gasteiger partial charge in [-0.05, 0) is 76.2 Å². The minimum atomic E-state index is -1.36. The van der Waals surface area contributed by atoms with E-state index in [1.807, 2.05) is 22.6 Å². The lowest BCUT2D eigenvalue weighted by Gasteiger charge is -2.40. The number of nitrogens with one attached hydrogen (secondary N) is 1. The first-order valence-corrected chi connectivity index (χ1v) is 16.6. The van der Waals surface area contributed by atoms with Gasteiger partial charge in [0.25, 0.3) is 5.91 Å². The van der Waals surface area contributed by atoms with E-state index in [0.717, 1.165) is 0 Å². The van der Waals surface area contributed by atoms with Crippen molar-refractivity contribution in [2.45, 2.75) is 37.8 Å². The third kappa shape index (κ3) is 7.69. The molecule has 11 nitrogen and oxygen atoms in total. The number of carbonyl (C=O) groups is 2. The van der Waals surface area contributed by atoms with E-state index >= 15 is 0 Å². The highest BCUT2D eigenvalue weighted by Gasteiger charge is 2.42. The molecule has 0 aliphatic heterocycles. The molecule has 4 N–H and O–H groups in total. The van der Waals surface area contributed by atoms with Crippen LogP contribution in [0.4, 0.5) is 0 Å². The molecule has 1 aromatic heterocycles. The molecule has 14 heteroatoms. The highest BCUT2D eigenvalue weighted by Crippen LogP contribution is 2.38. The van der Waals surface area contributed by atoms with E-state index in [0.29, 0.717) is 42.2 Å². The van der Waals surface area contributed by atoms with Gasteiger partial charge in [-0.25, -0.2) is 0 Å². The van der Waals surface area contributed by atoms with Crippen LogP contribution in [0.3, 0.4) is 0 Å². The van der Waals surface area contributed by atoms with Crippen LogP contribution in [0.1, 0.15) is 28.1 Å². The second-order valence-electron chi connectivity index (χ2n) is 11.0. The largest absolute Gasteiger partial charge is 0.493 e. The number of carbonyl (C=O) groups excluding carboxylic acids is 2. The van der Waals surface area contributed by atoms with Crippen LogP contribution < -0.4 is 19.5 Å². The van der Waals surface area contributed by atoms with Crippen LogP contribution in [-0.2, 0) is 17.9 Å². The lowest BCUT2D eigenvalue weighted by molar-refractivity contribution is -0.118. The lowest BCUT2D eigenvalue weighted by atomic mass is 9.87. The van der Waals surface area contributed by atoms with Crippen LogP contribution >= 0.6 is 45.8 Å². The Hall–Kier alpha value is -3.53. The normalized spacial score (nSPS) is 17.5. The third-order valence-corrected chi connectivity index (χ3v) is 9.42. The van der Waals surface area contributed by atoms with Crippen molar-refractivity contribution in [1.29, 1.82) is 0 Å². The summed E-state index contributed by atoms with van der Waals surface area (Å²) in [5, 5.41) is 34.9. The molecule has 254 valence electrons. The van der Waals surface area contributed by atoms with E-state index in [2.05, 4.69) is 5.32 Å². The van der Waals surface area contributed by atoms with Crippen molar-refractivity contribution in [1.82, 2.24) is 10.2 Å². The zero-order valence-electron chi connectivity index (χ0n) is 25.9. The fourth-order valence-corrected chi connectivity index (χ4v) is 6.63. The van der Waals surface area contributed by atoms with Gasteiger partial charge in [-0.3, -0.25) is 9.59 Å². The summed E-state index contributed by atoms with van der Waals surface area (Å²) in [7, 11) is 2.94. The quantitative estimate of drug-likeness (QED) is 0.143. The predicted molar refractivity (Wildman–Crippen MR) is 188 cm³/mol. The van der Waals surface area contributed by atoms with Crippen LogP contribution in [0.15, 0.2) is 70.7 Å². The van der Waals surface area contributed by atoms with Crippen molar-refractivity contribution in [3.8, 4) is 17.2 Å². The third-order valence-electron chi connectivity index (χ3n) is 7.88. The number of nitrogens with zero attached hydrogens (tertiary/aromatic N) is 1. The predicted octanol–water partition coefficient (Wildman–Crippen LogP) is 5.11. The SMILES string of the molecule is COc1cc(CO)cc(I)c1OC1C=C(C(=O)NCCO)CC(N(Cc2ccc(Cl)c(Cl)c2)C(=O)c2cc3cccc(OC)c3o2)C1O. The fraction of sp³-hybridized carbons (Fsp3) is 0.294. The van der Waals surface area contributed by atoms with Crippen molar-refractivity contribution in [2.24, 2.45) is 0 Å². The molecule has 0 bridgehead atoms. The van der Waals surface area contributed by atoms with Crippen LogP contribution in [0.5, 0.6) is 17.2 Å². The molecule has 0 fully saturated rings. The molecule has 3 atom stereocenters. The molecule has 3 aromatic carbocycles. The molecule has 1 aliphatic rings. The Morgan fingerprint density at radius 2 is 1.79 bits per heavy atom. The van der Waals surface area contributed by atoms with E-state index in [4.69, 9.17) is 41.8 Å². The van der Waals surface area contributed by atoms with Gasteiger partial charge >= 0.3 is 0 Å². The number of benzene rings is 3. The number of furan rings is 1. The van der Waals surface area contributed by atoms with Crippen LogP contribution in [-0.4, -0.2) is 77.7 Å². The Labute approximate surface area is 300 Å². The maximum atomic E-state index is 14.4. The van der Waals surface area contributed by atoms with Gasteiger partial charge in [-0.2, -0.15) is 0 Å². The second-order valence-corrected chi connectivity index (χ2v) is 12.9. The monoisotopic (exact) mass is 810 g/mol. The minimum absolute atomic E-state index is 0.00397. The first-order valence-electron chi connectivity index (χ1n) is 14.8. The van der Waals surface area contributed by atoms with E-state index in [1.165, 1.54) is 25.2 Å². The number of methoxy groups -OCH3 is 2. The average molecular weight is 811 g/mol. The number of ether oxygens (including phenoxy) is 3. The molecular formula is C34H33Cl2IN2O9. The molecule has 0 saturated heterocycles. The topological polar surface area (TPSA) is 151 Å². The molecule has 0 spiro atoms. The highest BCUT2D eigenvalue weighted by molar-refractivity contribution is 14.1. The van der Waals surface area contributed by atoms with Crippen molar-refractivity contribution >= 4 is 68.6 Å². The van der Waals surface area contributed by atoms with Crippen LogP contribution in [0.25, 0.3) is 11.0 Å². The zero-order valence-corrected chi connectivity index (χ0v) is 29.6. The summed E-state index contributed by atoms with van der Waals surface area (Å²) in [6.45, 7) is -0.559. The average Bonchev–Trinajstić information content (AvgIpc) is 3.53. The number of aliphatic hydroxyl groups is 3. The number of para-hydroxylation sites is 1. The number of hydrogen-bond donors (Lipinski definition) is 4. The van der Waals surface area contributed by atoms with Crippen molar-refractivity contribution in [3.05, 3.63) is 96.7 Å². The molecule has 1 aliphatic carbocycles. The summed E-state index contributed by atoms with van der Waals surface area (Å²) in [4.78, 5) is 29.2. The van der Waals surface area contributed by atoms with Gasteiger partial charge in [0.15, 0.2) is 28.6 Å². The summed E-state index contributed by atoms with van der Waals surface area (Å²) in [6, 6.07) is 14.1. The van der Waals surface area contributed by atoms with Crippen LogP contribution in [0.2, 0.25) is 10.0 Å². The molecule has 4 aromatic rings. The second kappa shape index (κ2) is 15.8. The van der Waals surface area contributed by atoms with Crippen LogP contribution in [0, 0.1) is 3.57 Å². The van der Waals surface area contributed by atoms with E-state index in [1.54, 1.807) is 54.6 Å². The van der Waals surface area contributed by atoms with Gasteiger partial charge < -0.3 is 44.2 Å². The molecule has 0 radical (unpaired) electrons. The summed E-state index contributed by atoms with van der Waals surface area (Å²) >= 11 is 14.6. The molecule has 0 saturated carbocycles. The highest BCUT2D eigenvalue weighted by atomic mass is 127. The molecule has 5 rings (SSSR count). The smallest absolute Gasteiger partial charge is 0.290 e. The standard InChI is InChI=1S/C34H33Cl2IN2O9/c1-45-26-5-3-4-20-14-29(48-31(20)26)34(44)39(16-18-6-7-22(35)23(36)10-18)25-13-21(33(43)38-8-9-40)15-27(30(25)42)47-32-24(37)11-19(17-41)12-28(32)46-2/h3-7,10-12,14-15,25,27,30,40-42H,8-9,13,16-17H2,1-2H3,(H,38,43). The summed E-state index contributed by atoms with van der Waals surface area (Å²) < 4.78 is 23.9. The van der Waals surface area contributed by atoms with Crippen molar-refractivity contribution in [2.75, 3.05) is 27.4 Å². The maximum absolute atomic E-state index is 14.4. The van der Waals surface area contributed by atoms with E-state index < -0.39 is 30.1 Å². The number of rotatable bonds is 12. The Kier molecular flexibility index (Phi) is 11.8. The Balaban J connectivity index is 1.60. The molecule has 48 heavy (non-hydrogen) atoms. The molecular weight excluding hydrogens is 778 g/mol. The summed E-state index contributed by atoms with van der Waals surface area (Å²) in [6.07, 6.45) is -1.06. The van der Waals surface area contributed by atoms with Gasteiger partial charge in [0.2, 0.25) is 5.91 Å². The van der Waals surface area contributed by atoms with Gasteiger partial charge in [-0.15, -0.1) is 0 Å². The van der Waals surface area contributed by atoms with Gasteiger partial charge in [0.05, 0.1) is 47.1 Å². The molecule has 2 amide bonds. The Morgan fingerprint density at radius 1 is 1.02 bits per heavy atom. The van der Waals surface area contributed by atoms with Crippen molar-refractivity contribution in [3.63, 3.8) is 0 Å². The van der Waals surface area contributed by atoms with E-state index in [9.17, 15) is 24.9 Å². The lowest BCUT2D eigenvalue weighted by Crippen LogP contribution is -2.54. The molecule has 3 unspecified atom stereocenters. The van der Waals surface area contributed by atoms with Gasteiger partial charge in [0.1, 0.15) is 12.2 Å². The summed E-state index contributed by atoms with van der Waals surface area (Å²) in [5.41, 5.74) is 1.79. The maximum Gasteiger partial charge on any atom is 0.290 e.